The fourth-order valence-corrected chi connectivity index (χ4v) is 3.70. The fraction of sp³-hybridized carbons (Fsp3) is 0.650. The van der Waals surface area contributed by atoms with Crippen LogP contribution < -0.4 is 11.0 Å². The average molecular weight is 433 g/mol. The van der Waals surface area contributed by atoms with E-state index >= 15 is 0 Å². The number of aryl methyl sites for hydroxylation is 1. The maximum atomic E-state index is 13.0. The lowest BCUT2D eigenvalue weighted by molar-refractivity contribution is 0.0364. The van der Waals surface area contributed by atoms with E-state index in [1.165, 1.54) is 19.3 Å². The van der Waals surface area contributed by atoms with Crippen LogP contribution in [-0.4, -0.2) is 60.5 Å². The molecule has 0 bridgehead atoms. The first-order valence-corrected chi connectivity index (χ1v) is 9.94. The van der Waals surface area contributed by atoms with Crippen LogP contribution >= 0.6 is 24.8 Å². The average Bonchev–Trinajstić information content (AvgIpc) is 2.95. The van der Waals surface area contributed by atoms with Crippen molar-refractivity contribution >= 4 is 35.8 Å². The third kappa shape index (κ3) is 6.49. The van der Waals surface area contributed by atoms with E-state index in [2.05, 4.69) is 22.3 Å². The van der Waals surface area contributed by atoms with Gasteiger partial charge in [-0.2, -0.15) is 0 Å². The molecule has 0 spiro atoms. The summed E-state index contributed by atoms with van der Waals surface area (Å²) in [6, 6.07) is 8.19. The number of ether oxygens (including phenoxy) is 1. The number of nitrogens with zero attached hydrogens (tertiary/aromatic N) is 3. The molecular formula is C20H34Cl2N4O2. The van der Waals surface area contributed by atoms with E-state index in [4.69, 9.17) is 4.74 Å². The van der Waals surface area contributed by atoms with Gasteiger partial charge >= 0.3 is 5.69 Å². The number of para-hydroxylation sites is 2. The molecule has 1 aromatic carbocycles. The molecule has 3 rings (SSSR count). The Morgan fingerprint density at radius 2 is 1.50 bits per heavy atom. The molecule has 0 aliphatic carbocycles. The summed E-state index contributed by atoms with van der Waals surface area (Å²) in [5, 5.41) is 3.18. The van der Waals surface area contributed by atoms with Crippen LogP contribution in [0.1, 0.15) is 25.7 Å². The molecule has 160 valence electrons. The van der Waals surface area contributed by atoms with Gasteiger partial charge in [-0.3, -0.25) is 14.0 Å². The number of fused-ring (bicyclic) bond motifs is 1. The van der Waals surface area contributed by atoms with Gasteiger partial charge in [-0.25, -0.2) is 4.79 Å². The van der Waals surface area contributed by atoms with Crippen LogP contribution in [0.15, 0.2) is 29.1 Å². The predicted octanol–water partition coefficient (Wildman–Crippen LogP) is 2.76. The van der Waals surface area contributed by atoms with E-state index in [-0.39, 0.29) is 30.5 Å². The zero-order valence-corrected chi connectivity index (χ0v) is 18.4. The second-order valence-corrected chi connectivity index (χ2v) is 7.05. The summed E-state index contributed by atoms with van der Waals surface area (Å²) in [5.74, 6) is 0. The van der Waals surface area contributed by atoms with Gasteiger partial charge in [0.25, 0.3) is 0 Å². The summed E-state index contributed by atoms with van der Waals surface area (Å²) >= 11 is 0. The van der Waals surface area contributed by atoms with Crippen LogP contribution in [-0.2, 0) is 17.8 Å². The monoisotopic (exact) mass is 432 g/mol. The van der Waals surface area contributed by atoms with Gasteiger partial charge in [-0.05, 0) is 38.6 Å². The van der Waals surface area contributed by atoms with Crippen LogP contribution in [0.5, 0.6) is 0 Å². The zero-order chi connectivity index (χ0) is 18.2. The Kier molecular flexibility index (Phi) is 11.8. The highest BCUT2D eigenvalue weighted by Crippen LogP contribution is 2.14. The normalized spacial score (nSPS) is 14.6. The van der Waals surface area contributed by atoms with Crippen LogP contribution in [0, 0.1) is 0 Å². The van der Waals surface area contributed by atoms with Gasteiger partial charge in [0.1, 0.15) is 0 Å². The van der Waals surface area contributed by atoms with Crippen molar-refractivity contribution in [2.45, 2.75) is 38.8 Å². The highest BCUT2D eigenvalue weighted by atomic mass is 35.5. The number of unbranched alkanes of at least 4 members (excludes halogenated alkanes) is 3. The molecule has 8 heteroatoms. The van der Waals surface area contributed by atoms with Crippen molar-refractivity contribution in [2.75, 3.05) is 46.4 Å². The lowest BCUT2D eigenvalue weighted by Crippen LogP contribution is -2.39. The molecule has 1 N–H and O–H groups in total. The Morgan fingerprint density at radius 1 is 0.893 bits per heavy atom. The Balaban J connectivity index is 0.00000196. The number of aromatic nitrogens is 2. The van der Waals surface area contributed by atoms with E-state index in [0.29, 0.717) is 0 Å². The van der Waals surface area contributed by atoms with Crippen molar-refractivity contribution < 1.29 is 4.74 Å². The van der Waals surface area contributed by atoms with Crippen LogP contribution in [0.4, 0.5) is 0 Å². The summed E-state index contributed by atoms with van der Waals surface area (Å²) in [7, 11) is 1.99. The molecule has 6 nitrogen and oxygen atoms in total. The van der Waals surface area contributed by atoms with Crippen molar-refractivity contribution in [1.82, 2.24) is 19.4 Å². The molecule has 1 aliphatic heterocycles. The van der Waals surface area contributed by atoms with Gasteiger partial charge in [0.2, 0.25) is 0 Å². The van der Waals surface area contributed by atoms with Crippen molar-refractivity contribution in [3.8, 4) is 0 Å². The van der Waals surface area contributed by atoms with Gasteiger partial charge in [-0.15, -0.1) is 24.8 Å². The standard InChI is InChI=1S/C20H32N4O2.2ClH/c1-21-10-6-2-3-7-11-23-18-8-4-5-9-19(18)24(20(23)25)13-12-22-14-16-26-17-15-22;;/h4-5,8-9,21H,2-3,6-7,10-17H2,1H3;2*1H. The molecule has 28 heavy (non-hydrogen) atoms. The largest absolute Gasteiger partial charge is 0.379 e. The second-order valence-electron chi connectivity index (χ2n) is 7.05. The molecule has 0 unspecified atom stereocenters. The lowest BCUT2D eigenvalue weighted by atomic mass is 10.2. The van der Waals surface area contributed by atoms with Crippen LogP contribution in [0.2, 0.25) is 0 Å². The van der Waals surface area contributed by atoms with Gasteiger partial charge < -0.3 is 10.1 Å². The van der Waals surface area contributed by atoms with Crippen molar-refractivity contribution in [2.24, 2.45) is 0 Å². The third-order valence-electron chi connectivity index (χ3n) is 5.23. The Hall–Kier alpha value is -1.05. The molecule has 2 heterocycles. The first-order valence-electron chi connectivity index (χ1n) is 9.94. The molecule has 0 atom stereocenters. The number of imidazole rings is 1. The number of benzene rings is 1. The van der Waals surface area contributed by atoms with Crippen molar-refractivity contribution in [3.63, 3.8) is 0 Å². The first-order chi connectivity index (χ1) is 12.8. The summed E-state index contributed by atoms with van der Waals surface area (Å²) < 4.78 is 9.33. The minimum absolute atomic E-state index is 0. The minimum atomic E-state index is 0. The van der Waals surface area contributed by atoms with E-state index < -0.39 is 0 Å². The summed E-state index contributed by atoms with van der Waals surface area (Å²) in [5.41, 5.74) is 2.25. The van der Waals surface area contributed by atoms with E-state index in [1.54, 1.807) is 0 Å². The first kappa shape index (κ1) is 25.0. The third-order valence-corrected chi connectivity index (χ3v) is 5.23. The summed E-state index contributed by atoms with van der Waals surface area (Å²) in [4.78, 5) is 15.4. The molecule has 1 fully saturated rings. The molecule has 0 saturated carbocycles. The number of rotatable bonds is 10. The molecule has 1 aliphatic rings. The van der Waals surface area contributed by atoms with E-state index in [0.717, 1.165) is 69.9 Å². The smallest absolute Gasteiger partial charge is 0.329 e. The molecule has 0 amide bonds. The SMILES string of the molecule is CNCCCCCCn1c(=O)n(CCN2CCOCC2)c2ccccc21.Cl.Cl. The number of nitrogens with one attached hydrogen (secondary N) is 1. The number of hydrogen-bond acceptors (Lipinski definition) is 4. The molecule has 0 radical (unpaired) electrons. The topological polar surface area (TPSA) is 51.4 Å². The maximum Gasteiger partial charge on any atom is 0.329 e. The quantitative estimate of drug-likeness (QED) is 0.586. The highest BCUT2D eigenvalue weighted by molar-refractivity contribution is 5.85. The Morgan fingerprint density at radius 3 is 2.14 bits per heavy atom. The van der Waals surface area contributed by atoms with E-state index in [9.17, 15) is 4.79 Å². The lowest BCUT2D eigenvalue weighted by Gasteiger charge is -2.26. The predicted molar refractivity (Wildman–Crippen MR) is 120 cm³/mol. The molecule has 1 aromatic heterocycles. The van der Waals surface area contributed by atoms with Gasteiger partial charge in [0, 0.05) is 32.7 Å². The molecule has 1 saturated heterocycles. The van der Waals surface area contributed by atoms with Gasteiger partial charge in [0.15, 0.2) is 0 Å². The summed E-state index contributed by atoms with van der Waals surface area (Å²) in [6.07, 6.45) is 4.64. The zero-order valence-electron chi connectivity index (χ0n) is 16.8. The van der Waals surface area contributed by atoms with Crippen molar-refractivity contribution in [3.05, 3.63) is 34.7 Å². The maximum absolute atomic E-state index is 13.0. The Labute approximate surface area is 180 Å². The fourth-order valence-electron chi connectivity index (χ4n) is 3.70. The van der Waals surface area contributed by atoms with Crippen molar-refractivity contribution in [1.29, 1.82) is 0 Å². The van der Waals surface area contributed by atoms with Gasteiger partial charge in [-0.1, -0.05) is 25.0 Å². The number of halogens is 2. The highest BCUT2D eigenvalue weighted by Gasteiger charge is 2.15. The van der Waals surface area contributed by atoms with Crippen LogP contribution in [0.25, 0.3) is 11.0 Å². The summed E-state index contributed by atoms with van der Waals surface area (Å²) in [6.45, 7) is 7.04. The molecular weight excluding hydrogens is 399 g/mol. The second kappa shape index (κ2) is 13.2. The minimum Gasteiger partial charge on any atom is -0.379 e. The number of hydrogen-bond donors (Lipinski definition) is 1. The van der Waals surface area contributed by atoms with E-state index in [1.807, 2.05) is 28.3 Å². The van der Waals surface area contributed by atoms with Crippen LogP contribution in [0.3, 0.4) is 0 Å². The Bertz CT molecular complexity index is 741. The van der Waals surface area contributed by atoms with Gasteiger partial charge in [0.05, 0.1) is 24.2 Å². The molecule has 2 aromatic rings. The number of morpholine rings is 1.